The summed E-state index contributed by atoms with van der Waals surface area (Å²) in [7, 11) is 1.53. The molecule has 0 amide bonds. The standard InChI is InChI=1S/C13H20O3/c1-3-4-11(14)7-5-10-6-8-12(15)13(9-10)16-2/h6,8-9,11,14-15H,3-5,7H2,1-2H3/t11-/m1/s1. The summed E-state index contributed by atoms with van der Waals surface area (Å²) in [5, 5.41) is 19.0. The number of aryl methyl sites for hydroxylation is 1. The molecule has 1 aromatic carbocycles. The molecule has 0 saturated heterocycles. The Labute approximate surface area is 96.7 Å². The minimum absolute atomic E-state index is 0.153. The van der Waals surface area contributed by atoms with Crippen molar-refractivity contribution in [2.75, 3.05) is 7.11 Å². The van der Waals surface area contributed by atoms with Crippen molar-refractivity contribution in [3.05, 3.63) is 23.8 Å². The number of phenols is 1. The zero-order valence-electron chi connectivity index (χ0n) is 9.94. The fourth-order valence-corrected chi connectivity index (χ4v) is 1.69. The summed E-state index contributed by atoms with van der Waals surface area (Å²) in [4.78, 5) is 0. The predicted octanol–water partition coefficient (Wildman–Crippen LogP) is 2.49. The quantitative estimate of drug-likeness (QED) is 0.780. The van der Waals surface area contributed by atoms with Gasteiger partial charge < -0.3 is 14.9 Å². The largest absolute Gasteiger partial charge is 0.504 e. The molecule has 3 nitrogen and oxygen atoms in total. The Bertz CT molecular complexity index is 323. The second-order valence-electron chi connectivity index (χ2n) is 3.99. The summed E-state index contributed by atoms with van der Waals surface area (Å²) in [6.07, 6.45) is 3.17. The SMILES string of the molecule is CCC[C@@H](O)CCc1ccc(O)c(OC)c1. The van der Waals surface area contributed by atoms with Gasteiger partial charge in [0.15, 0.2) is 11.5 Å². The molecule has 90 valence electrons. The second kappa shape index (κ2) is 6.38. The molecule has 0 aliphatic rings. The number of aromatic hydroxyl groups is 1. The lowest BCUT2D eigenvalue weighted by Gasteiger charge is -2.10. The second-order valence-corrected chi connectivity index (χ2v) is 3.99. The molecule has 1 aromatic rings. The third kappa shape index (κ3) is 3.74. The third-order valence-corrected chi connectivity index (χ3v) is 2.63. The molecule has 0 aliphatic carbocycles. The van der Waals surface area contributed by atoms with Crippen LogP contribution in [0.3, 0.4) is 0 Å². The minimum Gasteiger partial charge on any atom is -0.504 e. The van der Waals surface area contributed by atoms with E-state index >= 15 is 0 Å². The fraction of sp³-hybridized carbons (Fsp3) is 0.538. The van der Waals surface area contributed by atoms with Crippen LogP contribution < -0.4 is 4.74 Å². The predicted molar refractivity (Wildman–Crippen MR) is 63.9 cm³/mol. The highest BCUT2D eigenvalue weighted by Crippen LogP contribution is 2.26. The highest BCUT2D eigenvalue weighted by molar-refractivity contribution is 5.41. The third-order valence-electron chi connectivity index (χ3n) is 2.63. The van der Waals surface area contributed by atoms with Gasteiger partial charge in [0.2, 0.25) is 0 Å². The van der Waals surface area contributed by atoms with E-state index in [0.29, 0.717) is 5.75 Å². The van der Waals surface area contributed by atoms with Crippen LogP contribution in [0.2, 0.25) is 0 Å². The topological polar surface area (TPSA) is 49.7 Å². The molecule has 1 atom stereocenters. The van der Waals surface area contributed by atoms with Gasteiger partial charge in [-0.2, -0.15) is 0 Å². The minimum atomic E-state index is -0.232. The smallest absolute Gasteiger partial charge is 0.160 e. The average molecular weight is 224 g/mol. The Balaban J connectivity index is 2.54. The average Bonchev–Trinajstić information content (AvgIpc) is 2.28. The van der Waals surface area contributed by atoms with Gasteiger partial charge in [-0.15, -0.1) is 0 Å². The van der Waals surface area contributed by atoms with Crippen LogP contribution in [0.1, 0.15) is 31.7 Å². The van der Waals surface area contributed by atoms with Gasteiger partial charge in [-0.25, -0.2) is 0 Å². The summed E-state index contributed by atoms with van der Waals surface area (Å²) in [6.45, 7) is 2.06. The molecule has 2 N–H and O–H groups in total. The number of phenolic OH excluding ortho intramolecular Hbond substituents is 1. The van der Waals surface area contributed by atoms with Crippen LogP contribution in [-0.4, -0.2) is 23.4 Å². The van der Waals surface area contributed by atoms with Crippen molar-refractivity contribution in [3.8, 4) is 11.5 Å². The van der Waals surface area contributed by atoms with E-state index in [-0.39, 0.29) is 11.9 Å². The molecule has 1 rings (SSSR count). The first-order valence-corrected chi connectivity index (χ1v) is 5.71. The monoisotopic (exact) mass is 224 g/mol. The van der Waals surface area contributed by atoms with Crippen LogP contribution in [0.4, 0.5) is 0 Å². The number of benzene rings is 1. The van der Waals surface area contributed by atoms with Gasteiger partial charge in [0, 0.05) is 0 Å². The summed E-state index contributed by atoms with van der Waals surface area (Å²) in [5.41, 5.74) is 1.07. The number of hydrogen-bond acceptors (Lipinski definition) is 3. The Morgan fingerprint density at radius 3 is 2.69 bits per heavy atom. The fourth-order valence-electron chi connectivity index (χ4n) is 1.69. The van der Waals surface area contributed by atoms with Crippen molar-refractivity contribution in [2.24, 2.45) is 0 Å². The first kappa shape index (κ1) is 12.8. The molecule has 16 heavy (non-hydrogen) atoms. The van der Waals surface area contributed by atoms with E-state index in [1.807, 2.05) is 12.1 Å². The number of rotatable bonds is 6. The van der Waals surface area contributed by atoms with Crippen molar-refractivity contribution in [2.45, 2.75) is 38.7 Å². The van der Waals surface area contributed by atoms with Crippen molar-refractivity contribution in [3.63, 3.8) is 0 Å². The van der Waals surface area contributed by atoms with Crippen molar-refractivity contribution in [1.29, 1.82) is 0 Å². The molecule has 3 heteroatoms. The number of aliphatic hydroxyl groups excluding tert-OH is 1. The summed E-state index contributed by atoms with van der Waals surface area (Å²) in [5.74, 6) is 0.642. The van der Waals surface area contributed by atoms with Gasteiger partial charge in [-0.1, -0.05) is 19.4 Å². The van der Waals surface area contributed by atoms with Crippen LogP contribution in [-0.2, 0) is 6.42 Å². The van der Waals surface area contributed by atoms with Crippen molar-refractivity contribution < 1.29 is 14.9 Å². The van der Waals surface area contributed by atoms with Crippen LogP contribution in [0.5, 0.6) is 11.5 Å². The van der Waals surface area contributed by atoms with E-state index in [1.54, 1.807) is 6.07 Å². The summed E-state index contributed by atoms with van der Waals surface area (Å²) in [6, 6.07) is 5.30. The maximum atomic E-state index is 9.61. The molecule has 0 fully saturated rings. The van der Waals surface area contributed by atoms with Gasteiger partial charge in [-0.3, -0.25) is 0 Å². The first-order valence-electron chi connectivity index (χ1n) is 5.71. The Kier molecular flexibility index (Phi) is 5.12. The molecule has 0 aliphatic heterocycles. The number of ether oxygens (including phenoxy) is 1. The molecule has 0 radical (unpaired) electrons. The van der Waals surface area contributed by atoms with Gasteiger partial charge in [-0.05, 0) is 37.0 Å². The molecule has 0 saturated carbocycles. The number of aliphatic hydroxyl groups is 1. The van der Waals surface area contributed by atoms with Crippen molar-refractivity contribution in [1.82, 2.24) is 0 Å². The molecule has 0 unspecified atom stereocenters. The van der Waals surface area contributed by atoms with Gasteiger partial charge in [0.05, 0.1) is 13.2 Å². The lowest BCUT2D eigenvalue weighted by atomic mass is 10.0. The summed E-state index contributed by atoms with van der Waals surface area (Å²) < 4.78 is 5.03. The molecule has 0 spiro atoms. The van der Waals surface area contributed by atoms with Crippen LogP contribution in [0.25, 0.3) is 0 Å². The zero-order valence-corrected chi connectivity index (χ0v) is 9.94. The lowest BCUT2D eigenvalue weighted by molar-refractivity contribution is 0.154. The van der Waals surface area contributed by atoms with Crippen LogP contribution in [0, 0.1) is 0 Å². The van der Waals surface area contributed by atoms with Crippen LogP contribution >= 0.6 is 0 Å². The Morgan fingerprint density at radius 1 is 1.31 bits per heavy atom. The molecule has 0 aromatic heterocycles. The molecular weight excluding hydrogens is 204 g/mol. The molecule has 0 bridgehead atoms. The van der Waals surface area contributed by atoms with Gasteiger partial charge in [0.25, 0.3) is 0 Å². The maximum absolute atomic E-state index is 9.61. The maximum Gasteiger partial charge on any atom is 0.160 e. The van der Waals surface area contributed by atoms with Crippen molar-refractivity contribution >= 4 is 0 Å². The van der Waals surface area contributed by atoms with E-state index in [1.165, 1.54) is 7.11 Å². The zero-order chi connectivity index (χ0) is 12.0. The molecular formula is C13H20O3. The van der Waals surface area contributed by atoms with E-state index in [2.05, 4.69) is 6.92 Å². The normalized spacial score (nSPS) is 12.4. The Morgan fingerprint density at radius 2 is 2.06 bits per heavy atom. The van der Waals surface area contributed by atoms with Gasteiger partial charge in [0.1, 0.15) is 0 Å². The molecule has 0 heterocycles. The number of methoxy groups -OCH3 is 1. The van der Waals surface area contributed by atoms with E-state index in [0.717, 1.165) is 31.2 Å². The first-order chi connectivity index (χ1) is 7.67. The van der Waals surface area contributed by atoms with Gasteiger partial charge >= 0.3 is 0 Å². The van der Waals surface area contributed by atoms with Crippen LogP contribution in [0.15, 0.2) is 18.2 Å². The van der Waals surface area contributed by atoms with E-state index in [4.69, 9.17) is 4.74 Å². The highest BCUT2D eigenvalue weighted by Gasteiger charge is 2.06. The Hall–Kier alpha value is -1.22. The van der Waals surface area contributed by atoms with E-state index < -0.39 is 0 Å². The highest BCUT2D eigenvalue weighted by atomic mass is 16.5. The lowest BCUT2D eigenvalue weighted by Crippen LogP contribution is -2.07. The van der Waals surface area contributed by atoms with E-state index in [9.17, 15) is 10.2 Å². The number of hydrogen-bond donors (Lipinski definition) is 2. The summed E-state index contributed by atoms with van der Waals surface area (Å²) >= 11 is 0.